The van der Waals surface area contributed by atoms with Crippen molar-refractivity contribution in [2.24, 2.45) is 0 Å². The molecule has 0 saturated carbocycles. The smallest absolute Gasteiger partial charge is 0.136 e. The molecular weight excluding hydrogens is 259 g/mol. The molecule has 1 heterocycles. The number of aromatic nitrogens is 1. The molecule has 10 heavy (non-hydrogen) atoms. The monoisotopic (exact) mass is 266 g/mol. The molecule has 0 radical (unpaired) electrons. The van der Waals surface area contributed by atoms with Gasteiger partial charge in [-0.05, 0) is 34.9 Å². The number of hydrogen-bond donors (Lipinski definition) is 1. The lowest BCUT2D eigenvalue weighted by Crippen LogP contribution is -1.92. The molecule has 0 fully saturated rings. The van der Waals surface area contributed by atoms with E-state index in [2.05, 4.69) is 27.6 Å². The molecule has 0 saturated heterocycles. The Morgan fingerprint density at radius 2 is 2.40 bits per heavy atom. The normalized spacial score (nSPS) is 9.80. The summed E-state index contributed by atoms with van der Waals surface area (Å²) in [4.78, 5) is 5.15. The average Bonchev–Trinajstić information content (AvgIpc) is 1.95. The lowest BCUT2D eigenvalue weighted by molar-refractivity contribution is 1.23. The molecule has 0 atom stereocenters. The van der Waals surface area contributed by atoms with Gasteiger partial charge in [0.25, 0.3) is 0 Å². The molecule has 0 unspecified atom stereocenters. The summed E-state index contributed by atoms with van der Waals surface area (Å²) in [6.45, 7) is 0. The Balaban J connectivity index is 3.04. The summed E-state index contributed by atoms with van der Waals surface area (Å²) in [5.41, 5.74) is 5.52. The third kappa shape index (κ3) is 1.76. The van der Waals surface area contributed by atoms with Crippen LogP contribution in [0.3, 0.4) is 0 Å². The van der Waals surface area contributed by atoms with Crippen LogP contribution in [0.15, 0.2) is 17.2 Å². The molecule has 0 spiro atoms. The maximum Gasteiger partial charge on any atom is 0.136 e. The fourth-order valence-electron chi connectivity index (χ4n) is 0.543. The molecule has 0 aliphatic heterocycles. The van der Waals surface area contributed by atoms with E-state index in [4.69, 9.17) is 5.73 Å². The average molecular weight is 266 g/mol. The van der Waals surface area contributed by atoms with Crippen LogP contribution in [0.1, 0.15) is 0 Å². The summed E-state index contributed by atoms with van der Waals surface area (Å²) < 4.78 is 1.02. The number of hydrogen-bond acceptors (Lipinski definition) is 3. The second-order valence-corrected chi connectivity index (χ2v) is 3.78. The van der Waals surface area contributed by atoms with Crippen LogP contribution in [0.25, 0.3) is 0 Å². The van der Waals surface area contributed by atoms with E-state index >= 15 is 0 Å². The predicted octanol–water partition coefficient (Wildman–Crippen LogP) is 1.99. The predicted molar refractivity (Wildman–Crippen MR) is 53.1 cm³/mol. The van der Waals surface area contributed by atoms with Crippen LogP contribution in [0.5, 0.6) is 0 Å². The summed E-state index contributed by atoms with van der Waals surface area (Å²) >= 11 is 3.84. The van der Waals surface area contributed by atoms with Crippen molar-refractivity contribution in [2.45, 2.75) is 4.90 Å². The molecule has 0 aliphatic carbocycles. The highest BCUT2D eigenvalue weighted by molar-refractivity contribution is 14.1. The van der Waals surface area contributed by atoms with E-state index in [1.54, 1.807) is 18.0 Å². The van der Waals surface area contributed by atoms with Gasteiger partial charge < -0.3 is 5.73 Å². The molecule has 2 nitrogen and oxygen atoms in total. The molecule has 4 heteroatoms. The number of halogens is 1. The largest absolute Gasteiger partial charge is 0.383 e. The van der Waals surface area contributed by atoms with Crippen molar-refractivity contribution in [3.05, 3.63) is 15.8 Å². The standard InChI is InChI=1S/C6H7IN2S/c1-10-4-2-5(7)6(8)9-3-4/h2-3H,1H3,(H2,8,9). The van der Waals surface area contributed by atoms with E-state index in [1.807, 2.05) is 12.3 Å². The van der Waals surface area contributed by atoms with Crippen LogP contribution in [0, 0.1) is 3.57 Å². The fraction of sp³-hybridized carbons (Fsp3) is 0.167. The first-order valence-corrected chi connectivity index (χ1v) is 4.99. The minimum absolute atomic E-state index is 0.610. The highest BCUT2D eigenvalue weighted by Gasteiger charge is 1.96. The van der Waals surface area contributed by atoms with Crippen LogP contribution in [0.2, 0.25) is 0 Å². The molecule has 2 N–H and O–H groups in total. The van der Waals surface area contributed by atoms with Gasteiger partial charge in [0.15, 0.2) is 0 Å². The first-order chi connectivity index (χ1) is 4.74. The Morgan fingerprint density at radius 3 is 2.90 bits per heavy atom. The second-order valence-electron chi connectivity index (χ2n) is 1.74. The van der Waals surface area contributed by atoms with E-state index < -0.39 is 0 Å². The second kappa shape index (κ2) is 3.43. The zero-order valence-corrected chi connectivity index (χ0v) is 8.44. The molecule has 1 aromatic rings. The molecule has 0 aromatic carbocycles. The number of nitrogens with zero attached hydrogens (tertiary/aromatic N) is 1. The quantitative estimate of drug-likeness (QED) is 0.624. The van der Waals surface area contributed by atoms with Crippen LogP contribution < -0.4 is 5.73 Å². The highest BCUT2D eigenvalue weighted by atomic mass is 127. The van der Waals surface area contributed by atoms with Gasteiger partial charge in [0.05, 0.1) is 3.57 Å². The van der Waals surface area contributed by atoms with Crippen LogP contribution in [-0.4, -0.2) is 11.2 Å². The molecule has 0 amide bonds. The maximum atomic E-state index is 5.52. The number of thioether (sulfide) groups is 1. The number of rotatable bonds is 1. The Labute approximate surface area is 77.7 Å². The minimum atomic E-state index is 0.610. The van der Waals surface area contributed by atoms with Gasteiger partial charge in [-0.1, -0.05) is 0 Å². The zero-order chi connectivity index (χ0) is 7.56. The fourth-order valence-corrected chi connectivity index (χ4v) is 1.62. The summed E-state index contributed by atoms with van der Waals surface area (Å²) in [5.74, 6) is 0.610. The van der Waals surface area contributed by atoms with E-state index in [0.29, 0.717) is 5.82 Å². The molecular formula is C6H7IN2S. The van der Waals surface area contributed by atoms with Gasteiger partial charge in [-0.15, -0.1) is 11.8 Å². The Morgan fingerprint density at radius 1 is 1.70 bits per heavy atom. The van der Waals surface area contributed by atoms with Crippen LogP contribution in [0.4, 0.5) is 5.82 Å². The Bertz CT molecular complexity index is 239. The van der Waals surface area contributed by atoms with E-state index in [-0.39, 0.29) is 0 Å². The van der Waals surface area contributed by atoms with Crippen molar-refractivity contribution >= 4 is 40.2 Å². The lowest BCUT2D eigenvalue weighted by Gasteiger charge is -1.98. The highest BCUT2D eigenvalue weighted by Crippen LogP contribution is 2.19. The molecule has 1 rings (SSSR count). The van der Waals surface area contributed by atoms with Gasteiger partial charge >= 0.3 is 0 Å². The maximum absolute atomic E-state index is 5.52. The van der Waals surface area contributed by atoms with Gasteiger partial charge in [-0.3, -0.25) is 0 Å². The topological polar surface area (TPSA) is 38.9 Å². The summed E-state index contributed by atoms with van der Waals surface area (Å²) in [5, 5.41) is 0. The Kier molecular flexibility index (Phi) is 2.79. The van der Waals surface area contributed by atoms with Gasteiger partial charge in [-0.2, -0.15) is 0 Å². The lowest BCUT2D eigenvalue weighted by atomic mass is 10.5. The number of pyridine rings is 1. The first kappa shape index (κ1) is 8.13. The molecule has 0 aliphatic rings. The summed E-state index contributed by atoms with van der Waals surface area (Å²) in [6, 6.07) is 2.02. The molecule has 54 valence electrons. The zero-order valence-electron chi connectivity index (χ0n) is 5.47. The number of nitrogens with two attached hydrogens (primary N) is 1. The van der Waals surface area contributed by atoms with Crippen molar-refractivity contribution in [1.82, 2.24) is 4.98 Å². The van der Waals surface area contributed by atoms with Crippen molar-refractivity contribution in [2.75, 3.05) is 12.0 Å². The summed E-state index contributed by atoms with van der Waals surface area (Å²) in [6.07, 6.45) is 3.80. The van der Waals surface area contributed by atoms with Crippen molar-refractivity contribution < 1.29 is 0 Å². The van der Waals surface area contributed by atoms with Gasteiger partial charge in [-0.25, -0.2) is 4.98 Å². The SMILES string of the molecule is CSc1cnc(N)c(I)c1. The van der Waals surface area contributed by atoms with Gasteiger partial charge in [0.2, 0.25) is 0 Å². The third-order valence-electron chi connectivity index (χ3n) is 1.08. The van der Waals surface area contributed by atoms with Gasteiger partial charge in [0.1, 0.15) is 5.82 Å². The van der Waals surface area contributed by atoms with Crippen molar-refractivity contribution in [1.29, 1.82) is 0 Å². The minimum Gasteiger partial charge on any atom is -0.383 e. The van der Waals surface area contributed by atoms with Crippen molar-refractivity contribution in [3.63, 3.8) is 0 Å². The van der Waals surface area contributed by atoms with E-state index in [1.165, 1.54) is 0 Å². The van der Waals surface area contributed by atoms with E-state index in [0.717, 1.165) is 8.47 Å². The van der Waals surface area contributed by atoms with Crippen molar-refractivity contribution in [3.8, 4) is 0 Å². The number of nitrogen functional groups attached to an aromatic ring is 1. The van der Waals surface area contributed by atoms with Crippen LogP contribution >= 0.6 is 34.4 Å². The number of anilines is 1. The third-order valence-corrected chi connectivity index (χ3v) is 2.64. The van der Waals surface area contributed by atoms with E-state index in [9.17, 15) is 0 Å². The Hall–Kier alpha value is 0.0300. The molecule has 1 aromatic heterocycles. The summed E-state index contributed by atoms with van der Waals surface area (Å²) in [7, 11) is 0. The molecule has 0 bridgehead atoms. The first-order valence-electron chi connectivity index (χ1n) is 2.69. The van der Waals surface area contributed by atoms with Crippen LogP contribution in [-0.2, 0) is 0 Å². The van der Waals surface area contributed by atoms with Gasteiger partial charge in [0, 0.05) is 11.1 Å².